The number of ether oxygens (including phenoxy) is 1. The number of rotatable bonds is 2. The van der Waals surface area contributed by atoms with E-state index in [1.54, 1.807) is 0 Å². The molecule has 2 rings (SSSR count). The smallest absolute Gasteiger partial charge is 0.349 e. The molecule has 0 saturated heterocycles. The summed E-state index contributed by atoms with van der Waals surface area (Å²) in [4.78, 5) is 15.5. The van der Waals surface area contributed by atoms with Crippen molar-refractivity contribution in [2.75, 3.05) is 7.11 Å². The highest BCUT2D eigenvalue weighted by molar-refractivity contribution is 7.17. The van der Waals surface area contributed by atoms with Crippen molar-refractivity contribution in [1.82, 2.24) is 4.98 Å². The van der Waals surface area contributed by atoms with Gasteiger partial charge in [-0.3, -0.25) is 0 Å². The first kappa shape index (κ1) is 13.5. The van der Waals surface area contributed by atoms with Gasteiger partial charge in [-0.2, -0.15) is 0 Å². The fraction of sp³-hybridized carbons (Fsp3) is 0.167. The molecule has 0 saturated carbocycles. The zero-order valence-electron chi connectivity index (χ0n) is 9.96. The van der Waals surface area contributed by atoms with Crippen LogP contribution < -0.4 is 0 Å². The van der Waals surface area contributed by atoms with E-state index >= 15 is 0 Å². The highest BCUT2D eigenvalue weighted by Crippen LogP contribution is 2.32. The number of hydrogen-bond donors (Lipinski definition) is 0. The zero-order valence-corrected chi connectivity index (χ0v) is 10.8. The molecule has 0 unspecified atom stereocenters. The predicted octanol–water partition coefficient (Wildman–Crippen LogP) is 3.32. The van der Waals surface area contributed by atoms with Crippen LogP contribution in [0.5, 0.6) is 0 Å². The molecule has 7 heteroatoms. The molecule has 2 aromatic rings. The first-order chi connectivity index (χ1) is 8.93. The van der Waals surface area contributed by atoms with E-state index in [1.165, 1.54) is 14.0 Å². The van der Waals surface area contributed by atoms with Crippen LogP contribution >= 0.6 is 11.3 Å². The highest BCUT2D eigenvalue weighted by atomic mass is 32.1. The van der Waals surface area contributed by atoms with Gasteiger partial charge in [0.05, 0.1) is 18.4 Å². The van der Waals surface area contributed by atoms with Gasteiger partial charge in [-0.1, -0.05) is 0 Å². The topological polar surface area (TPSA) is 39.2 Å². The van der Waals surface area contributed by atoms with E-state index in [-0.39, 0.29) is 9.88 Å². The number of thiazole rings is 1. The third-order valence-electron chi connectivity index (χ3n) is 2.39. The molecule has 1 heterocycles. The van der Waals surface area contributed by atoms with Gasteiger partial charge in [-0.15, -0.1) is 11.3 Å². The zero-order chi connectivity index (χ0) is 14.2. The van der Waals surface area contributed by atoms with Gasteiger partial charge >= 0.3 is 5.97 Å². The van der Waals surface area contributed by atoms with Gasteiger partial charge in [0.15, 0.2) is 0 Å². The minimum Gasteiger partial charge on any atom is -0.465 e. The monoisotopic (exact) mass is 287 g/mol. The number of aryl methyl sites for hydroxylation is 1. The number of hydrogen-bond acceptors (Lipinski definition) is 4. The summed E-state index contributed by atoms with van der Waals surface area (Å²) in [7, 11) is 1.19. The number of carbonyl (C=O) groups excluding carboxylic acids is 1. The number of aromatic nitrogens is 1. The molecule has 0 fully saturated rings. The van der Waals surface area contributed by atoms with Crippen molar-refractivity contribution >= 4 is 17.3 Å². The van der Waals surface area contributed by atoms with Gasteiger partial charge in [0.1, 0.15) is 27.3 Å². The van der Waals surface area contributed by atoms with Crippen LogP contribution in [0.2, 0.25) is 0 Å². The van der Waals surface area contributed by atoms with E-state index in [0.29, 0.717) is 17.8 Å². The molecule has 0 aliphatic heterocycles. The van der Waals surface area contributed by atoms with Crippen molar-refractivity contribution in [2.24, 2.45) is 0 Å². The molecule has 1 aromatic heterocycles. The van der Waals surface area contributed by atoms with Gasteiger partial charge in [-0.05, 0) is 6.92 Å². The Morgan fingerprint density at radius 1 is 1.26 bits per heavy atom. The average molecular weight is 287 g/mol. The minimum absolute atomic E-state index is 0.0344. The van der Waals surface area contributed by atoms with Crippen LogP contribution in [-0.2, 0) is 4.74 Å². The lowest BCUT2D eigenvalue weighted by Crippen LogP contribution is -1.99. The molecular formula is C12H8F3NO2S. The number of carbonyl (C=O) groups is 1. The van der Waals surface area contributed by atoms with E-state index in [0.717, 1.165) is 11.3 Å². The molecule has 100 valence electrons. The molecule has 3 nitrogen and oxygen atoms in total. The Hall–Kier alpha value is -1.89. The Morgan fingerprint density at radius 2 is 1.84 bits per heavy atom. The normalized spacial score (nSPS) is 10.6. The Morgan fingerprint density at radius 3 is 2.37 bits per heavy atom. The second-order valence-corrected chi connectivity index (χ2v) is 4.67. The number of esters is 1. The molecule has 0 N–H and O–H groups in total. The first-order valence-corrected chi connectivity index (χ1v) is 5.96. The molecule has 0 bridgehead atoms. The maximum atomic E-state index is 13.6. The van der Waals surface area contributed by atoms with Gasteiger partial charge in [0, 0.05) is 12.1 Å². The third kappa shape index (κ3) is 2.46. The van der Waals surface area contributed by atoms with Crippen LogP contribution in [-0.4, -0.2) is 18.1 Å². The van der Waals surface area contributed by atoms with Gasteiger partial charge < -0.3 is 4.74 Å². The summed E-state index contributed by atoms with van der Waals surface area (Å²) >= 11 is 0.791. The van der Waals surface area contributed by atoms with E-state index in [4.69, 9.17) is 0 Å². The lowest BCUT2D eigenvalue weighted by atomic mass is 10.2. The van der Waals surface area contributed by atoms with Crippen molar-refractivity contribution in [1.29, 1.82) is 0 Å². The summed E-state index contributed by atoms with van der Waals surface area (Å²) in [5.41, 5.74) is -0.153. The van der Waals surface area contributed by atoms with Crippen molar-refractivity contribution < 1.29 is 22.7 Å². The lowest BCUT2D eigenvalue weighted by molar-refractivity contribution is 0.0605. The molecule has 0 aliphatic rings. The van der Waals surface area contributed by atoms with E-state index < -0.39 is 29.0 Å². The Labute approximate surface area is 110 Å². The van der Waals surface area contributed by atoms with Gasteiger partial charge in [0.25, 0.3) is 0 Å². The SMILES string of the molecule is COC(=O)c1sc(-c2c(F)cc(F)cc2F)nc1C. The van der Waals surface area contributed by atoms with Crippen LogP contribution in [0, 0.1) is 24.4 Å². The standard InChI is InChI=1S/C12H8F3NO2S/c1-5-10(12(17)18-2)19-11(16-5)9-7(14)3-6(13)4-8(9)15/h3-4H,1-2H3. The van der Waals surface area contributed by atoms with E-state index in [9.17, 15) is 18.0 Å². The minimum atomic E-state index is -1.07. The van der Waals surface area contributed by atoms with Crippen LogP contribution in [0.15, 0.2) is 12.1 Å². The molecule has 19 heavy (non-hydrogen) atoms. The van der Waals surface area contributed by atoms with Crippen molar-refractivity contribution in [3.8, 4) is 10.6 Å². The summed E-state index contributed by atoms with van der Waals surface area (Å²) in [6, 6.07) is 1.12. The van der Waals surface area contributed by atoms with Crippen LogP contribution in [0.25, 0.3) is 10.6 Å². The summed E-state index contributed by atoms with van der Waals surface area (Å²) in [5, 5.41) is -0.0344. The van der Waals surface area contributed by atoms with Crippen molar-refractivity contribution in [3.05, 3.63) is 40.2 Å². The highest BCUT2D eigenvalue weighted by Gasteiger charge is 2.21. The lowest BCUT2D eigenvalue weighted by Gasteiger charge is -2.01. The van der Waals surface area contributed by atoms with E-state index in [2.05, 4.69) is 9.72 Å². The quantitative estimate of drug-likeness (QED) is 0.795. The molecule has 0 amide bonds. The Balaban J connectivity index is 2.58. The maximum absolute atomic E-state index is 13.6. The number of benzene rings is 1. The largest absolute Gasteiger partial charge is 0.465 e. The fourth-order valence-corrected chi connectivity index (χ4v) is 2.56. The van der Waals surface area contributed by atoms with Crippen molar-refractivity contribution in [2.45, 2.75) is 6.92 Å². The summed E-state index contributed by atoms with van der Waals surface area (Å²) in [6.07, 6.45) is 0. The molecule has 0 radical (unpaired) electrons. The summed E-state index contributed by atoms with van der Waals surface area (Å²) in [5.74, 6) is -3.78. The van der Waals surface area contributed by atoms with E-state index in [1.807, 2.05) is 0 Å². The summed E-state index contributed by atoms with van der Waals surface area (Å²) < 4.78 is 44.5. The number of nitrogens with zero attached hydrogens (tertiary/aromatic N) is 1. The second-order valence-electron chi connectivity index (χ2n) is 3.67. The van der Waals surface area contributed by atoms with Crippen LogP contribution in [0.3, 0.4) is 0 Å². The first-order valence-electron chi connectivity index (χ1n) is 5.14. The summed E-state index contributed by atoms with van der Waals surface area (Å²) in [6.45, 7) is 1.52. The molecule has 0 spiro atoms. The second kappa shape index (κ2) is 5.00. The van der Waals surface area contributed by atoms with Crippen molar-refractivity contribution in [3.63, 3.8) is 0 Å². The number of halogens is 3. The van der Waals surface area contributed by atoms with Gasteiger partial charge in [-0.25, -0.2) is 22.9 Å². The third-order valence-corrected chi connectivity index (χ3v) is 3.54. The predicted molar refractivity (Wildman–Crippen MR) is 63.5 cm³/mol. The fourth-order valence-electron chi connectivity index (χ4n) is 1.53. The van der Waals surface area contributed by atoms with Crippen LogP contribution in [0.1, 0.15) is 15.4 Å². The van der Waals surface area contributed by atoms with Gasteiger partial charge in [0.2, 0.25) is 0 Å². The Kier molecular flexibility index (Phi) is 3.57. The molecule has 1 aromatic carbocycles. The molecule has 0 atom stereocenters. The van der Waals surface area contributed by atoms with Crippen LogP contribution in [0.4, 0.5) is 13.2 Å². The average Bonchev–Trinajstić information content (AvgIpc) is 2.68. The Bertz CT molecular complexity index is 631. The molecular weight excluding hydrogens is 279 g/mol. The number of methoxy groups -OCH3 is 1. The maximum Gasteiger partial charge on any atom is 0.349 e. The molecule has 0 aliphatic carbocycles.